The zero-order valence-electron chi connectivity index (χ0n) is 12.0. The van der Waals surface area contributed by atoms with Crippen molar-refractivity contribution >= 4 is 22.4 Å². The number of rotatable bonds is 2. The first-order chi connectivity index (χ1) is 9.34. The van der Waals surface area contributed by atoms with Gasteiger partial charge in [0.05, 0.1) is 16.0 Å². The predicted octanol–water partition coefficient (Wildman–Crippen LogP) is 3.70. The van der Waals surface area contributed by atoms with Crippen molar-refractivity contribution in [1.29, 1.82) is 0 Å². The summed E-state index contributed by atoms with van der Waals surface area (Å²) in [5.74, 6) is -1.47. The third-order valence-corrected chi connectivity index (χ3v) is 4.02. The topological polar surface area (TPSA) is 55.5 Å². The third-order valence-electron chi connectivity index (χ3n) is 2.53. The second-order valence-corrected chi connectivity index (χ2v) is 7.37. The molecule has 2 N–H and O–H groups in total. The Labute approximate surface area is 122 Å². The second-order valence-electron chi connectivity index (χ2n) is 5.47. The average molecular weight is 324 g/mol. The van der Waals surface area contributed by atoms with E-state index < -0.39 is 38.9 Å². The fourth-order valence-corrected chi connectivity index (χ4v) is 2.05. The molecule has 21 heavy (non-hydrogen) atoms. The van der Waals surface area contributed by atoms with Gasteiger partial charge in [-0.2, -0.15) is 17.6 Å². The minimum absolute atomic E-state index is 0.0986. The van der Waals surface area contributed by atoms with E-state index >= 15 is 0 Å². The van der Waals surface area contributed by atoms with Crippen LogP contribution in [0.1, 0.15) is 38.8 Å². The van der Waals surface area contributed by atoms with Gasteiger partial charge in [0.1, 0.15) is 16.8 Å². The largest absolute Gasteiger partial charge is 0.419 e. The van der Waals surface area contributed by atoms with Crippen LogP contribution >= 0.6 is 0 Å². The van der Waals surface area contributed by atoms with Gasteiger partial charge in [-0.15, -0.1) is 0 Å². The van der Waals surface area contributed by atoms with Gasteiger partial charge in [-0.1, -0.05) is 0 Å². The molecule has 1 rings (SSSR count). The molecule has 1 aromatic rings. The summed E-state index contributed by atoms with van der Waals surface area (Å²) in [4.78, 5) is 0. The molecule has 0 saturated heterocycles. The highest BCUT2D eigenvalue weighted by molar-refractivity contribution is 7.85. The van der Waals surface area contributed by atoms with Gasteiger partial charge in [0, 0.05) is 11.3 Å². The first-order valence-electron chi connectivity index (χ1n) is 5.98. The maximum atomic E-state index is 14.0. The number of alkyl halides is 3. The van der Waals surface area contributed by atoms with Crippen molar-refractivity contribution < 1.29 is 21.8 Å². The first-order valence-corrected chi connectivity index (χ1v) is 7.08. The van der Waals surface area contributed by atoms with Crippen LogP contribution in [0.4, 0.5) is 23.2 Å². The van der Waals surface area contributed by atoms with Crippen LogP contribution < -0.4 is 5.73 Å². The van der Waals surface area contributed by atoms with Gasteiger partial charge in [0.25, 0.3) is 0 Å². The van der Waals surface area contributed by atoms with E-state index in [0.717, 1.165) is 6.07 Å². The molecule has 0 saturated carbocycles. The van der Waals surface area contributed by atoms with E-state index in [2.05, 4.69) is 4.40 Å². The predicted molar refractivity (Wildman–Crippen MR) is 75.9 cm³/mol. The molecule has 0 fully saturated rings. The molecule has 3 nitrogen and oxygen atoms in total. The van der Waals surface area contributed by atoms with Gasteiger partial charge in [-0.05, 0) is 39.8 Å². The molecule has 118 valence electrons. The highest BCUT2D eigenvalue weighted by Gasteiger charge is 2.36. The standard InChI is InChI=1S/C13H16F4N2OS/c1-7(19-21(20)12(2,3)4)9-5-8(18)6-10(11(9)14)13(15,16)17/h5-6H,18H2,1-4H3. The number of hydrogen-bond acceptors (Lipinski definition) is 2. The highest BCUT2D eigenvalue weighted by Crippen LogP contribution is 2.34. The summed E-state index contributed by atoms with van der Waals surface area (Å²) in [5, 5.41) is 0. The lowest BCUT2D eigenvalue weighted by Gasteiger charge is -2.15. The fraction of sp³-hybridized carbons (Fsp3) is 0.462. The minimum Gasteiger partial charge on any atom is -0.399 e. The summed E-state index contributed by atoms with van der Waals surface area (Å²) >= 11 is 0. The summed E-state index contributed by atoms with van der Waals surface area (Å²) in [6.07, 6.45) is -4.86. The van der Waals surface area contributed by atoms with E-state index in [1.54, 1.807) is 20.8 Å². The van der Waals surface area contributed by atoms with Crippen molar-refractivity contribution in [1.82, 2.24) is 0 Å². The molecule has 8 heteroatoms. The zero-order valence-corrected chi connectivity index (χ0v) is 12.8. The fourth-order valence-electron chi connectivity index (χ4n) is 1.43. The molecule has 0 aliphatic rings. The Balaban J connectivity index is 3.42. The number of benzene rings is 1. The average Bonchev–Trinajstić information content (AvgIpc) is 2.28. The van der Waals surface area contributed by atoms with Gasteiger partial charge in [0.15, 0.2) is 0 Å². The summed E-state index contributed by atoms with van der Waals surface area (Å²) in [6.45, 7) is 6.24. The Bertz CT molecular complexity index is 603. The Morgan fingerprint density at radius 2 is 1.76 bits per heavy atom. The molecule has 1 atom stereocenters. The van der Waals surface area contributed by atoms with Crippen LogP contribution in [0.3, 0.4) is 0 Å². The summed E-state index contributed by atoms with van der Waals surface area (Å²) in [6, 6.07) is 1.57. The van der Waals surface area contributed by atoms with Gasteiger partial charge in [-0.25, -0.2) is 8.60 Å². The van der Waals surface area contributed by atoms with Crippen molar-refractivity contribution in [3.05, 3.63) is 29.1 Å². The van der Waals surface area contributed by atoms with Gasteiger partial charge in [0.2, 0.25) is 0 Å². The van der Waals surface area contributed by atoms with Gasteiger partial charge < -0.3 is 5.73 Å². The number of nitrogen functional groups attached to an aromatic ring is 1. The number of halogens is 4. The van der Waals surface area contributed by atoms with Crippen molar-refractivity contribution in [2.45, 2.75) is 38.6 Å². The molecule has 0 aliphatic heterocycles. The highest BCUT2D eigenvalue weighted by atomic mass is 32.2. The van der Waals surface area contributed by atoms with E-state index in [-0.39, 0.29) is 11.4 Å². The molecule has 0 amide bonds. The van der Waals surface area contributed by atoms with Crippen LogP contribution in [0, 0.1) is 5.82 Å². The van der Waals surface area contributed by atoms with E-state index in [0.29, 0.717) is 6.07 Å². The number of nitrogens with two attached hydrogens (primary N) is 1. The molecular weight excluding hydrogens is 308 g/mol. The molecule has 0 aliphatic carbocycles. The van der Waals surface area contributed by atoms with Gasteiger partial charge in [-0.3, -0.25) is 0 Å². The normalized spacial score (nSPS) is 15.1. The summed E-state index contributed by atoms with van der Waals surface area (Å²) < 4.78 is 67.1. The lowest BCUT2D eigenvalue weighted by Crippen LogP contribution is -2.21. The third kappa shape index (κ3) is 4.26. The van der Waals surface area contributed by atoms with Crippen molar-refractivity contribution in [2.24, 2.45) is 4.40 Å². The van der Waals surface area contributed by atoms with Crippen LogP contribution in [0.15, 0.2) is 16.5 Å². The molecule has 0 heterocycles. The van der Waals surface area contributed by atoms with Crippen LogP contribution in [0.2, 0.25) is 0 Å². The van der Waals surface area contributed by atoms with Crippen molar-refractivity contribution in [2.75, 3.05) is 5.73 Å². The molecular formula is C13H16F4N2OS. The number of nitrogens with zero attached hydrogens (tertiary/aromatic N) is 1. The molecule has 1 aromatic carbocycles. The summed E-state index contributed by atoms with van der Waals surface area (Å²) in [5.41, 5.74) is 3.18. The minimum atomic E-state index is -4.86. The Morgan fingerprint density at radius 1 is 1.24 bits per heavy atom. The quantitative estimate of drug-likeness (QED) is 0.512. The Kier molecular flexibility index (Phi) is 4.82. The van der Waals surface area contributed by atoms with Crippen LogP contribution in [-0.2, 0) is 17.2 Å². The lowest BCUT2D eigenvalue weighted by molar-refractivity contribution is -0.139. The SMILES string of the molecule is CC(=NS(=O)C(C)(C)C)c1cc(N)cc(C(F)(F)F)c1F. The lowest BCUT2D eigenvalue weighted by atomic mass is 10.0. The molecule has 0 bridgehead atoms. The molecule has 0 aromatic heterocycles. The van der Waals surface area contributed by atoms with Gasteiger partial charge >= 0.3 is 6.18 Å². The second kappa shape index (κ2) is 5.75. The molecule has 0 spiro atoms. The van der Waals surface area contributed by atoms with Crippen molar-refractivity contribution in [3.8, 4) is 0 Å². The maximum Gasteiger partial charge on any atom is 0.419 e. The molecule has 0 radical (unpaired) electrons. The summed E-state index contributed by atoms with van der Waals surface area (Å²) in [7, 11) is -1.71. The van der Waals surface area contributed by atoms with E-state index in [1.807, 2.05) is 0 Å². The van der Waals surface area contributed by atoms with E-state index in [9.17, 15) is 21.8 Å². The van der Waals surface area contributed by atoms with E-state index in [4.69, 9.17) is 5.73 Å². The van der Waals surface area contributed by atoms with Crippen LogP contribution in [0.5, 0.6) is 0 Å². The number of anilines is 1. The van der Waals surface area contributed by atoms with Crippen LogP contribution in [0.25, 0.3) is 0 Å². The van der Waals surface area contributed by atoms with E-state index in [1.165, 1.54) is 6.92 Å². The first kappa shape index (κ1) is 17.6. The van der Waals surface area contributed by atoms with Crippen molar-refractivity contribution in [3.63, 3.8) is 0 Å². The molecule has 1 unspecified atom stereocenters. The van der Waals surface area contributed by atoms with Crippen LogP contribution in [-0.4, -0.2) is 14.7 Å². The monoisotopic (exact) mass is 324 g/mol. The maximum absolute atomic E-state index is 14.0. The Hall–Kier alpha value is -1.44. The Morgan fingerprint density at radius 3 is 2.19 bits per heavy atom. The number of hydrogen-bond donors (Lipinski definition) is 1. The smallest absolute Gasteiger partial charge is 0.399 e. The zero-order chi connectivity index (χ0) is 16.6.